The number of carboxylic acids is 1. The summed E-state index contributed by atoms with van der Waals surface area (Å²) < 4.78 is 0. The fourth-order valence-electron chi connectivity index (χ4n) is 1.88. The van der Waals surface area contributed by atoms with E-state index < -0.39 is 5.97 Å². The molecule has 116 valence electrons. The molecule has 1 saturated heterocycles. The molecule has 0 spiro atoms. The van der Waals surface area contributed by atoms with Gasteiger partial charge in [0.1, 0.15) is 0 Å². The van der Waals surface area contributed by atoms with Crippen molar-refractivity contribution in [3.63, 3.8) is 0 Å². The monoisotopic (exact) mass is 345 g/mol. The predicted octanol–water partition coefficient (Wildman–Crippen LogP) is 3.08. The number of carbonyl (C=O) groups excluding carboxylic acids is 1. The first-order valence-corrected chi connectivity index (χ1v) is 8.23. The van der Waals surface area contributed by atoms with Gasteiger partial charge >= 0.3 is 5.97 Å². The van der Waals surface area contributed by atoms with Crippen molar-refractivity contribution in [3.8, 4) is 0 Å². The van der Waals surface area contributed by atoms with Gasteiger partial charge in [-0.15, -0.1) is 11.3 Å². The Morgan fingerprint density at radius 1 is 1.35 bits per heavy atom. The summed E-state index contributed by atoms with van der Waals surface area (Å²) in [6, 6.07) is 6.35. The van der Waals surface area contributed by atoms with Crippen LogP contribution in [0.1, 0.15) is 15.9 Å². The number of thioether (sulfide) groups is 1. The van der Waals surface area contributed by atoms with Gasteiger partial charge in [0, 0.05) is 18.6 Å². The molecule has 2 aromatic rings. The number of aromatic nitrogens is 1. The average molecular weight is 345 g/mol. The number of aliphatic imine (C=N–C) groups is 1. The second-order valence-electron chi connectivity index (χ2n) is 4.61. The summed E-state index contributed by atoms with van der Waals surface area (Å²) in [5, 5.41) is 11.9. The Morgan fingerprint density at radius 3 is 2.70 bits per heavy atom. The van der Waals surface area contributed by atoms with Crippen LogP contribution in [0, 0.1) is 0 Å². The lowest BCUT2D eigenvalue weighted by molar-refractivity contribution is -0.121. The molecule has 0 unspecified atom stereocenters. The Balaban J connectivity index is 1.85. The second kappa shape index (κ2) is 6.35. The lowest BCUT2D eigenvalue weighted by Crippen LogP contribution is -2.23. The number of nitrogens with zero attached hydrogens (tertiary/aromatic N) is 3. The van der Waals surface area contributed by atoms with Gasteiger partial charge in [0.15, 0.2) is 5.17 Å². The predicted molar refractivity (Wildman–Crippen MR) is 90.9 cm³/mol. The van der Waals surface area contributed by atoms with Gasteiger partial charge in [-0.25, -0.2) is 9.78 Å². The molecule has 23 heavy (non-hydrogen) atoms. The number of aromatic carboxylic acids is 1. The van der Waals surface area contributed by atoms with Gasteiger partial charge in [-0.05, 0) is 35.5 Å². The molecule has 0 saturated carbocycles. The van der Waals surface area contributed by atoms with E-state index >= 15 is 0 Å². The van der Waals surface area contributed by atoms with Crippen molar-refractivity contribution in [1.29, 1.82) is 0 Å². The number of rotatable bonds is 3. The van der Waals surface area contributed by atoms with Gasteiger partial charge < -0.3 is 5.11 Å². The van der Waals surface area contributed by atoms with E-state index in [1.165, 1.54) is 40.1 Å². The maximum atomic E-state index is 12.3. The zero-order valence-corrected chi connectivity index (χ0v) is 13.6. The first kappa shape index (κ1) is 15.4. The smallest absolute Gasteiger partial charge is 0.335 e. The first-order valence-electron chi connectivity index (χ1n) is 6.54. The molecule has 0 atom stereocenters. The minimum atomic E-state index is -0.979. The molecule has 0 radical (unpaired) electrons. The van der Waals surface area contributed by atoms with Gasteiger partial charge in [-0.2, -0.15) is 4.99 Å². The first-order chi connectivity index (χ1) is 11.0. The molecule has 1 N–H and O–H groups in total. The molecule has 1 amide bonds. The Kier molecular flexibility index (Phi) is 4.26. The van der Waals surface area contributed by atoms with Crippen molar-refractivity contribution in [2.24, 2.45) is 4.99 Å². The Morgan fingerprint density at radius 2 is 2.09 bits per heavy atom. The molecule has 1 aliphatic rings. The molecule has 1 fully saturated rings. The van der Waals surface area contributed by atoms with Crippen LogP contribution in [0.2, 0.25) is 0 Å². The number of carboxylic acid groups (broad SMARTS) is 1. The molecule has 0 bridgehead atoms. The summed E-state index contributed by atoms with van der Waals surface area (Å²) in [6.45, 7) is 0. The van der Waals surface area contributed by atoms with E-state index in [9.17, 15) is 9.59 Å². The average Bonchev–Trinajstić information content (AvgIpc) is 3.13. The molecular weight excluding hydrogens is 334 g/mol. The number of benzene rings is 1. The second-order valence-corrected chi connectivity index (χ2v) is 6.49. The van der Waals surface area contributed by atoms with E-state index in [0.29, 0.717) is 15.2 Å². The number of amides is 1. The van der Waals surface area contributed by atoms with Crippen molar-refractivity contribution in [1.82, 2.24) is 9.88 Å². The third-order valence-electron chi connectivity index (χ3n) is 3.07. The van der Waals surface area contributed by atoms with Gasteiger partial charge in [0.25, 0.3) is 5.91 Å². The SMILES string of the molecule is CN1C(=O)/C(=C/c2ccc(C(=O)O)cc2)S/C1=N/c1nccs1. The third-order valence-corrected chi connectivity index (χ3v) is 4.79. The zero-order valence-electron chi connectivity index (χ0n) is 12.0. The van der Waals surface area contributed by atoms with Crippen LogP contribution in [0.4, 0.5) is 5.13 Å². The van der Waals surface area contributed by atoms with Crippen molar-refractivity contribution >= 4 is 51.4 Å². The highest BCUT2D eigenvalue weighted by Crippen LogP contribution is 2.33. The number of thiazole rings is 1. The Labute approximate surface area is 140 Å². The standard InChI is InChI=1S/C15H11N3O3S2/c1-18-12(19)11(23-15(18)17-14-16-6-7-22-14)8-9-2-4-10(5-3-9)13(20)21/h2-8H,1H3,(H,20,21)/b11-8-,17-15+. The van der Waals surface area contributed by atoms with Gasteiger partial charge in [-0.1, -0.05) is 12.1 Å². The highest BCUT2D eigenvalue weighted by molar-refractivity contribution is 8.18. The Bertz CT molecular complexity index is 811. The summed E-state index contributed by atoms with van der Waals surface area (Å²) >= 11 is 2.67. The molecule has 1 aromatic heterocycles. The van der Waals surface area contributed by atoms with Gasteiger partial charge in [0.2, 0.25) is 5.13 Å². The highest BCUT2D eigenvalue weighted by atomic mass is 32.2. The quantitative estimate of drug-likeness (QED) is 0.865. The number of hydrogen-bond donors (Lipinski definition) is 1. The molecule has 1 aromatic carbocycles. The fraction of sp³-hybridized carbons (Fsp3) is 0.0667. The van der Waals surface area contributed by atoms with Crippen LogP contribution in [0.25, 0.3) is 6.08 Å². The number of hydrogen-bond acceptors (Lipinski definition) is 6. The topological polar surface area (TPSA) is 82.9 Å². The maximum Gasteiger partial charge on any atom is 0.335 e. The molecule has 8 heteroatoms. The van der Waals surface area contributed by atoms with Crippen LogP contribution >= 0.6 is 23.1 Å². The summed E-state index contributed by atoms with van der Waals surface area (Å²) in [4.78, 5) is 33.6. The molecule has 6 nitrogen and oxygen atoms in total. The third kappa shape index (κ3) is 3.33. The molecule has 1 aliphatic heterocycles. The minimum absolute atomic E-state index is 0.146. The van der Waals surface area contributed by atoms with Gasteiger partial charge in [-0.3, -0.25) is 9.69 Å². The van der Waals surface area contributed by atoms with Crippen molar-refractivity contribution < 1.29 is 14.7 Å². The van der Waals surface area contributed by atoms with Crippen molar-refractivity contribution in [3.05, 3.63) is 51.9 Å². The molecular formula is C15H11N3O3S2. The number of carbonyl (C=O) groups is 2. The summed E-state index contributed by atoms with van der Waals surface area (Å²) in [6.07, 6.45) is 3.38. The van der Waals surface area contributed by atoms with Gasteiger partial charge in [0.05, 0.1) is 10.5 Å². The molecule has 3 rings (SSSR count). The lowest BCUT2D eigenvalue weighted by Gasteiger charge is -2.05. The van der Waals surface area contributed by atoms with E-state index in [1.807, 2.05) is 5.38 Å². The van der Waals surface area contributed by atoms with E-state index in [1.54, 1.807) is 31.5 Å². The van der Waals surface area contributed by atoms with E-state index in [2.05, 4.69) is 9.98 Å². The van der Waals surface area contributed by atoms with E-state index in [-0.39, 0.29) is 11.5 Å². The van der Waals surface area contributed by atoms with Crippen molar-refractivity contribution in [2.75, 3.05) is 7.05 Å². The van der Waals surface area contributed by atoms with Crippen LogP contribution in [0.15, 0.2) is 45.7 Å². The van der Waals surface area contributed by atoms with Crippen LogP contribution in [-0.4, -0.2) is 39.1 Å². The largest absolute Gasteiger partial charge is 0.478 e. The van der Waals surface area contributed by atoms with Crippen molar-refractivity contribution in [2.45, 2.75) is 0 Å². The number of amidine groups is 1. The minimum Gasteiger partial charge on any atom is -0.478 e. The van der Waals surface area contributed by atoms with Crippen LogP contribution in [-0.2, 0) is 4.79 Å². The summed E-state index contributed by atoms with van der Waals surface area (Å²) in [5.74, 6) is -1.12. The Hall–Kier alpha value is -2.45. The molecule has 0 aliphatic carbocycles. The zero-order chi connectivity index (χ0) is 16.4. The molecule has 2 heterocycles. The van der Waals surface area contributed by atoms with E-state index in [0.717, 1.165) is 5.56 Å². The van der Waals surface area contributed by atoms with Crippen LogP contribution in [0.5, 0.6) is 0 Å². The van der Waals surface area contributed by atoms with E-state index in [4.69, 9.17) is 5.11 Å². The normalized spacial score (nSPS) is 18.1. The highest BCUT2D eigenvalue weighted by Gasteiger charge is 2.30. The summed E-state index contributed by atoms with van der Waals surface area (Å²) in [5.41, 5.74) is 0.968. The van der Waals surface area contributed by atoms with Crippen LogP contribution in [0.3, 0.4) is 0 Å². The summed E-state index contributed by atoms with van der Waals surface area (Å²) in [7, 11) is 1.66. The number of likely N-dealkylation sites (N-methyl/N-ethyl adjacent to an activating group) is 1. The maximum absolute atomic E-state index is 12.3. The fourth-order valence-corrected chi connectivity index (χ4v) is 3.41. The van der Waals surface area contributed by atoms with Crippen LogP contribution < -0.4 is 0 Å². The lowest BCUT2D eigenvalue weighted by atomic mass is 10.1.